The Labute approximate surface area is 188 Å². The first-order valence-corrected chi connectivity index (χ1v) is 12.1. The van der Waals surface area contributed by atoms with Crippen LogP contribution in [0.3, 0.4) is 0 Å². The number of halogens is 1. The molecule has 5 heteroatoms. The highest BCUT2D eigenvalue weighted by atomic mass is 35.5. The molecule has 0 atom stereocenters. The highest BCUT2D eigenvalue weighted by molar-refractivity contribution is 5.69. The zero-order valence-electron chi connectivity index (χ0n) is 20.0. The van der Waals surface area contributed by atoms with E-state index in [1.165, 1.54) is 70.6 Å². The second-order valence-corrected chi connectivity index (χ2v) is 8.91. The van der Waals surface area contributed by atoms with Crippen molar-refractivity contribution in [1.29, 1.82) is 0 Å². The number of rotatable bonds is 21. The molecule has 0 aliphatic carbocycles. The minimum Gasteiger partial charge on any atom is -1.00 e. The van der Waals surface area contributed by atoms with Crippen molar-refractivity contribution in [1.82, 2.24) is 0 Å². The van der Waals surface area contributed by atoms with Gasteiger partial charge < -0.3 is 26.4 Å². The molecule has 4 nitrogen and oxygen atoms in total. The van der Waals surface area contributed by atoms with Gasteiger partial charge in [0.15, 0.2) is 6.73 Å². The molecule has 0 unspecified atom stereocenters. The van der Waals surface area contributed by atoms with Gasteiger partial charge in [0.1, 0.15) is 13.2 Å². The van der Waals surface area contributed by atoms with Gasteiger partial charge in [-0.25, -0.2) is 0 Å². The van der Waals surface area contributed by atoms with Gasteiger partial charge in [-0.15, -0.1) is 0 Å². The van der Waals surface area contributed by atoms with Crippen LogP contribution in [0.5, 0.6) is 0 Å². The van der Waals surface area contributed by atoms with Crippen molar-refractivity contribution < 1.29 is 31.2 Å². The maximum absolute atomic E-state index is 11.8. The molecule has 29 heavy (non-hydrogen) atoms. The van der Waals surface area contributed by atoms with Crippen LogP contribution in [0.1, 0.15) is 110 Å². The molecule has 0 amide bonds. The van der Waals surface area contributed by atoms with Crippen LogP contribution in [0.4, 0.5) is 0 Å². The predicted molar refractivity (Wildman–Crippen MR) is 119 cm³/mol. The topological polar surface area (TPSA) is 35.5 Å². The number of esters is 1. The van der Waals surface area contributed by atoms with Crippen LogP contribution in [0.2, 0.25) is 0 Å². The molecular weight excluding hydrogens is 386 g/mol. The Morgan fingerprint density at radius 1 is 0.690 bits per heavy atom. The molecule has 0 aliphatic heterocycles. The van der Waals surface area contributed by atoms with Crippen LogP contribution in [0.15, 0.2) is 0 Å². The van der Waals surface area contributed by atoms with E-state index < -0.39 is 0 Å². The molecule has 0 rings (SSSR count). The van der Waals surface area contributed by atoms with Crippen molar-refractivity contribution in [3.63, 3.8) is 0 Å². The summed E-state index contributed by atoms with van der Waals surface area (Å²) in [5.41, 5.74) is 0. The van der Waals surface area contributed by atoms with Gasteiger partial charge >= 0.3 is 5.97 Å². The standard InChI is InChI=1S/C24H50NO3.ClH/c1-5-7-9-11-13-15-17-19-24(26)28-22-20-25(3,4)23-27-21-18-16-14-12-10-8-6-2;/h5-23H2,1-4H3;1H/q+1;/p-1. The summed E-state index contributed by atoms with van der Waals surface area (Å²) in [6.45, 7) is 7.31. The first-order chi connectivity index (χ1) is 13.5. The largest absolute Gasteiger partial charge is 1.00 e. The summed E-state index contributed by atoms with van der Waals surface area (Å²) in [6.07, 6.45) is 18.3. The van der Waals surface area contributed by atoms with Crippen molar-refractivity contribution in [2.75, 3.05) is 40.6 Å². The number of ether oxygens (including phenoxy) is 2. The summed E-state index contributed by atoms with van der Waals surface area (Å²) >= 11 is 0. The summed E-state index contributed by atoms with van der Waals surface area (Å²) in [6, 6.07) is 0. The first-order valence-electron chi connectivity index (χ1n) is 12.1. The number of likely N-dealkylation sites (N-methyl/N-ethyl adjacent to an activating group) is 1. The number of unbranched alkanes of at least 4 members (excludes halogenated alkanes) is 12. The Morgan fingerprint density at radius 2 is 1.17 bits per heavy atom. The fourth-order valence-electron chi connectivity index (χ4n) is 3.24. The third-order valence-electron chi connectivity index (χ3n) is 5.28. The second-order valence-electron chi connectivity index (χ2n) is 8.91. The average Bonchev–Trinajstić information content (AvgIpc) is 2.66. The lowest BCUT2D eigenvalue weighted by atomic mass is 10.1. The van der Waals surface area contributed by atoms with E-state index in [0.29, 0.717) is 19.8 Å². The van der Waals surface area contributed by atoms with Gasteiger partial charge in [0.2, 0.25) is 0 Å². The number of quaternary nitrogens is 1. The van der Waals surface area contributed by atoms with Crippen LogP contribution in [-0.4, -0.2) is 51.0 Å². The third kappa shape index (κ3) is 23.8. The Balaban J connectivity index is 0. The zero-order chi connectivity index (χ0) is 20.9. The summed E-state index contributed by atoms with van der Waals surface area (Å²) < 4.78 is 12.0. The molecule has 0 saturated carbocycles. The summed E-state index contributed by atoms with van der Waals surface area (Å²) in [4.78, 5) is 11.8. The highest BCUT2D eigenvalue weighted by Crippen LogP contribution is 2.09. The molecule has 0 aromatic carbocycles. The van der Waals surface area contributed by atoms with E-state index in [1.807, 2.05) is 0 Å². The smallest absolute Gasteiger partial charge is 0.305 e. The van der Waals surface area contributed by atoms with E-state index in [4.69, 9.17) is 9.47 Å². The van der Waals surface area contributed by atoms with E-state index in [9.17, 15) is 4.79 Å². The van der Waals surface area contributed by atoms with Crippen molar-refractivity contribution in [3.05, 3.63) is 0 Å². The number of nitrogens with zero attached hydrogens (tertiary/aromatic N) is 1. The van der Waals surface area contributed by atoms with Crippen LogP contribution in [-0.2, 0) is 14.3 Å². The first kappa shape index (κ1) is 30.9. The van der Waals surface area contributed by atoms with Crippen molar-refractivity contribution >= 4 is 5.97 Å². The number of hydrogen-bond donors (Lipinski definition) is 0. The fraction of sp³-hybridized carbons (Fsp3) is 0.958. The predicted octanol–water partition coefficient (Wildman–Crippen LogP) is 3.48. The Morgan fingerprint density at radius 3 is 1.72 bits per heavy atom. The van der Waals surface area contributed by atoms with Gasteiger partial charge in [-0.2, -0.15) is 0 Å². The number of carbonyl (C=O) groups is 1. The minimum atomic E-state index is -0.0439. The van der Waals surface area contributed by atoms with Gasteiger partial charge in [0.25, 0.3) is 0 Å². The van der Waals surface area contributed by atoms with Crippen molar-refractivity contribution in [3.8, 4) is 0 Å². The third-order valence-corrected chi connectivity index (χ3v) is 5.28. The molecule has 0 spiro atoms. The molecular formula is C24H50ClNO3. The monoisotopic (exact) mass is 435 g/mol. The molecule has 0 aliphatic rings. The van der Waals surface area contributed by atoms with Crippen LogP contribution < -0.4 is 12.4 Å². The summed E-state index contributed by atoms with van der Waals surface area (Å²) in [5, 5.41) is 0. The molecule has 0 radical (unpaired) electrons. The van der Waals surface area contributed by atoms with Gasteiger partial charge in [0, 0.05) is 6.42 Å². The summed E-state index contributed by atoms with van der Waals surface area (Å²) in [5.74, 6) is -0.0439. The minimum absolute atomic E-state index is 0. The maximum Gasteiger partial charge on any atom is 0.305 e. The molecule has 0 aromatic heterocycles. The average molecular weight is 436 g/mol. The molecule has 0 N–H and O–H groups in total. The van der Waals surface area contributed by atoms with Gasteiger partial charge in [-0.05, 0) is 12.8 Å². The molecule has 0 saturated heterocycles. The number of carbonyl (C=O) groups excluding carboxylic acids is 1. The molecule has 0 aromatic rings. The lowest BCUT2D eigenvalue weighted by molar-refractivity contribution is -0.909. The lowest BCUT2D eigenvalue weighted by Gasteiger charge is -2.28. The quantitative estimate of drug-likeness (QED) is 0.120. The zero-order valence-corrected chi connectivity index (χ0v) is 20.7. The van der Waals surface area contributed by atoms with Crippen LogP contribution >= 0.6 is 0 Å². The van der Waals surface area contributed by atoms with Crippen LogP contribution in [0, 0.1) is 0 Å². The van der Waals surface area contributed by atoms with Crippen molar-refractivity contribution in [2.45, 2.75) is 110 Å². The van der Waals surface area contributed by atoms with Crippen LogP contribution in [0.25, 0.3) is 0 Å². The lowest BCUT2D eigenvalue weighted by Crippen LogP contribution is -3.00. The number of hydrogen-bond acceptors (Lipinski definition) is 3. The highest BCUT2D eigenvalue weighted by Gasteiger charge is 2.16. The maximum atomic E-state index is 11.8. The Kier molecular flexibility index (Phi) is 23.8. The van der Waals surface area contributed by atoms with Crippen molar-refractivity contribution in [2.24, 2.45) is 0 Å². The molecule has 0 heterocycles. The SMILES string of the molecule is CCCCCCCCCOC[N+](C)(C)CCOC(=O)CCCCCCCCC.[Cl-]. The Hall–Kier alpha value is -0.320. The summed E-state index contributed by atoms with van der Waals surface area (Å²) in [7, 11) is 4.27. The molecule has 176 valence electrons. The van der Waals surface area contributed by atoms with E-state index in [0.717, 1.165) is 36.9 Å². The van der Waals surface area contributed by atoms with E-state index in [-0.39, 0.29) is 18.4 Å². The van der Waals surface area contributed by atoms with E-state index >= 15 is 0 Å². The molecule has 0 bridgehead atoms. The Bertz CT molecular complexity index is 351. The van der Waals surface area contributed by atoms with Gasteiger partial charge in [-0.1, -0.05) is 90.9 Å². The van der Waals surface area contributed by atoms with Gasteiger partial charge in [-0.3, -0.25) is 4.79 Å². The molecule has 0 fully saturated rings. The normalized spacial score (nSPS) is 11.3. The fourth-order valence-corrected chi connectivity index (χ4v) is 3.24. The van der Waals surface area contributed by atoms with E-state index in [2.05, 4.69) is 27.9 Å². The van der Waals surface area contributed by atoms with E-state index in [1.54, 1.807) is 0 Å². The second kappa shape index (κ2) is 22.4. The van der Waals surface area contributed by atoms with Gasteiger partial charge in [0.05, 0.1) is 20.7 Å².